The molecule has 0 atom stereocenters. The first-order valence-corrected chi connectivity index (χ1v) is 22.1. The Morgan fingerprint density at radius 2 is 0.597 bits per heavy atom. The van der Waals surface area contributed by atoms with Crippen LogP contribution in [0.2, 0.25) is 0 Å². The number of benzene rings is 9. The summed E-state index contributed by atoms with van der Waals surface area (Å²) in [6, 6.07) is 70.3. The van der Waals surface area contributed by atoms with Gasteiger partial charge in [0.15, 0.2) is 17.5 Å². The fourth-order valence-corrected chi connectivity index (χ4v) is 10.1. The summed E-state index contributed by atoms with van der Waals surface area (Å²) in [5, 5.41) is 6.61. The molecule has 12 aromatic rings. The third-order valence-electron chi connectivity index (χ3n) is 11.4. The molecular weight excluding hydrogens is 795 g/mol. The van der Waals surface area contributed by atoms with Crippen molar-refractivity contribution in [2.24, 2.45) is 0 Å². The molecule has 7 heteroatoms. The van der Waals surface area contributed by atoms with Crippen LogP contribution in [-0.4, -0.2) is 24.9 Å². The van der Waals surface area contributed by atoms with Gasteiger partial charge in [0, 0.05) is 27.8 Å². The van der Waals surface area contributed by atoms with Gasteiger partial charge in [-0.3, -0.25) is 0 Å². The minimum absolute atomic E-state index is 0.603. The molecule has 0 saturated carbocycles. The Morgan fingerprint density at radius 3 is 1.05 bits per heavy atom. The molecule has 9 aromatic carbocycles. The maximum Gasteiger partial charge on any atom is 0.164 e. The lowest BCUT2D eigenvalue weighted by Gasteiger charge is -2.13. The Kier molecular flexibility index (Phi) is 8.80. The number of para-hydroxylation sites is 2. The molecule has 290 valence electrons. The summed E-state index contributed by atoms with van der Waals surface area (Å²) < 4.78 is 2.36. The highest BCUT2D eigenvalue weighted by Gasteiger charge is 2.17. The van der Waals surface area contributed by atoms with Crippen LogP contribution < -0.4 is 0 Å². The van der Waals surface area contributed by atoms with Crippen LogP contribution in [0.3, 0.4) is 0 Å². The lowest BCUT2D eigenvalue weighted by Crippen LogP contribution is -2.01. The molecular formula is C55H33N5S2. The highest BCUT2D eigenvalue weighted by atomic mass is 32.1. The van der Waals surface area contributed by atoms with Gasteiger partial charge in [-0.05, 0) is 98.4 Å². The van der Waals surface area contributed by atoms with Gasteiger partial charge in [0.1, 0.15) is 10.0 Å². The molecule has 3 aromatic heterocycles. The van der Waals surface area contributed by atoms with Crippen LogP contribution in [0.4, 0.5) is 0 Å². The van der Waals surface area contributed by atoms with E-state index in [1.165, 1.54) is 20.2 Å². The van der Waals surface area contributed by atoms with Crippen LogP contribution in [0.15, 0.2) is 200 Å². The molecule has 62 heavy (non-hydrogen) atoms. The zero-order valence-corrected chi connectivity index (χ0v) is 34.7. The molecule has 12 rings (SSSR count). The van der Waals surface area contributed by atoms with E-state index in [1.807, 2.05) is 12.1 Å². The minimum atomic E-state index is 0.603. The van der Waals surface area contributed by atoms with Gasteiger partial charge in [0.2, 0.25) is 0 Å². The Morgan fingerprint density at radius 1 is 0.242 bits per heavy atom. The number of hydrogen-bond acceptors (Lipinski definition) is 7. The third-order valence-corrected chi connectivity index (χ3v) is 13.5. The second kappa shape index (κ2) is 15.1. The summed E-state index contributed by atoms with van der Waals surface area (Å²) >= 11 is 3.43. The molecule has 0 amide bonds. The number of nitrogens with zero attached hydrogens (tertiary/aromatic N) is 5. The fourth-order valence-electron chi connectivity index (χ4n) is 8.11. The third kappa shape index (κ3) is 6.79. The van der Waals surface area contributed by atoms with Gasteiger partial charge in [0.25, 0.3) is 0 Å². The number of rotatable bonds is 7. The van der Waals surface area contributed by atoms with Crippen LogP contribution >= 0.6 is 22.7 Å². The van der Waals surface area contributed by atoms with E-state index in [0.717, 1.165) is 81.9 Å². The summed E-state index contributed by atoms with van der Waals surface area (Å²) in [7, 11) is 0. The highest BCUT2D eigenvalue weighted by Crippen LogP contribution is 2.38. The summed E-state index contributed by atoms with van der Waals surface area (Å²) in [5.41, 5.74) is 11.3. The summed E-state index contributed by atoms with van der Waals surface area (Å²) in [6.07, 6.45) is 0. The van der Waals surface area contributed by atoms with Crippen molar-refractivity contribution in [1.82, 2.24) is 24.9 Å². The molecule has 0 saturated heterocycles. The average Bonchev–Trinajstić information content (AvgIpc) is 3.99. The number of thiazole rings is 2. The fraction of sp³-hybridized carbons (Fsp3) is 0. The van der Waals surface area contributed by atoms with E-state index >= 15 is 0 Å². The molecule has 0 fully saturated rings. The molecule has 0 aliphatic carbocycles. The van der Waals surface area contributed by atoms with Crippen molar-refractivity contribution in [2.45, 2.75) is 0 Å². The van der Waals surface area contributed by atoms with Gasteiger partial charge in [-0.1, -0.05) is 146 Å². The molecule has 0 radical (unpaired) electrons. The van der Waals surface area contributed by atoms with E-state index in [4.69, 9.17) is 24.9 Å². The molecule has 0 N–H and O–H groups in total. The maximum absolute atomic E-state index is 5.25. The quantitative estimate of drug-likeness (QED) is 0.160. The van der Waals surface area contributed by atoms with Gasteiger partial charge in [-0.2, -0.15) is 0 Å². The van der Waals surface area contributed by atoms with Crippen molar-refractivity contribution >= 4 is 64.7 Å². The number of aromatic nitrogens is 5. The van der Waals surface area contributed by atoms with Gasteiger partial charge in [-0.25, -0.2) is 24.9 Å². The summed E-state index contributed by atoms with van der Waals surface area (Å²) in [4.78, 5) is 25.5. The molecule has 0 unspecified atom stereocenters. The summed E-state index contributed by atoms with van der Waals surface area (Å²) in [6.45, 7) is 0. The van der Waals surface area contributed by atoms with Crippen LogP contribution in [-0.2, 0) is 0 Å². The van der Waals surface area contributed by atoms with Gasteiger partial charge in [0.05, 0.1) is 20.4 Å². The van der Waals surface area contributed by atoms with Crippen molar-refractivity contribution in [3.63, 3.8) is 0 Å². The SMILES string of the molecule is c1ccc2cc(-c3nc(-c4cc(-c5ccc(-c6nc7ccccc7s6)cc5)cc(-c5ccc(-c6nc7ccccc7s6)cc5)c4)nc(-c4ccc5ccccc5c4)n3)ccc2c1. The second-order valence-corrected chi connectivity index (χ2v) is 17.4. The zero-order chi connectivity index (χ0) is 41.0. The molecule has 3 heterocycles. The zero-order valence-electron chi connectivity index (χ0n) is 33.1. The summed E-state index contributed by atoms with van der Waals surface area (Å²) in [5.74, 6) is 1.85. The highest BCUT2D eigenvalue weighted by molar-refractivity contribution is 7.22. The van der Waals surface area contributed by atoms with Crippen LogP contribution in [0, 0.1) is 0 Å². The van der Waals surface area contributed by atoms with E-state index in [9.17, 15) is 0 Å². The van der Waals surface area contributed by atoms with Gasteiger partial charge >= 0.3 is 0 Å². The Balaban J connectivity index is 1.01. The predicted molar refractivity (Wildman–Crippen MR) is 259 cm³/mol. The van der Waals surface area contributed by atoms with Crippen molar-refractivity contribution in [3.8, 4) is 77.6 Å². The Bertz CT molecular complexity index is 3350. The lowest BCUT2D eigenvalue weighted by molar-refractivity contribution is 1.08. The van der Waals surface area contributed by atoms with E-state index < -0.39 is 0 Å². The number of hydrogen-bond donors (Lipinski definition) is 0. The number of fused-ring (bicyclic) bond motifs is 4. The van der Waals surface area contributed by atoms with Crippen LogP contribution in [0.5, 0.6) is 0 Å². The monoisotopic (exact) mass is 827 g/mol. The van der Waals surface area contributed by atoms with E-state index in [-0.39, 0.29) is 0 Å². The Hall–Kier alpha value is -7.71. The van der Waals surface area contributed by atoms with Crippen molar-refractivity contribution in [1.29, 1.82) is 0 Å². The van der Waals surface area contributed by atoms with E-state index in [2.05, 4.69) is 188 Å². The first-order valence-electron chi connectivity index (χ1n) is 20.5. The lowest BCUT2D eigenvalue weighted by atomic mass is 9.95. The first kappa shape index (κ1) is 36.2. The van der Waals surface area contributed by atoms with Crippen molar-refractivity contribution in [2.75, 3.05) is 0 Å². The van der Waals surface area contributed by atoms with E-state index in [0.29, 0.717) is 17.5 Å². The van der Waals surface area contributed by atoms with Crippen molar-refractivity contribution < 1.29 is 0 Å². The Labute approximate surface area is 365 Å². The van der Waals surface area contributed by atoms with Crippen molar-refractivity contribution in [3.05, 3.63) is 200 Å². The molecule has 0 aliphatic rings. The van der Waals surface area contributed by atoms with Gasteiger partial charge in [-0.15, -0.1) is 22.7 Å². The van der Waals surface area contributed by atoms with Crippen LogP contribution in [0.1, 0.15) is 0 Å². The smallest absolute Gasteiger partial charge is 0.164 e. The molecule has 0 bridgehead atoms. The normalized spacial score (nSPS) is 11.5. The predicted octanol–water partition coefficient (Wildman–Crippen LogP) is 15.1. The minimum Gasteiger partial charge on any atom is -0.236 e. The first-order chi connectivity index (χ1) is 30.6. The largest absolute Gasteiger partial charge is 0.236 e. The van der Waals surface area contributed by atoms with Crippen LogP contribution in [0.25, 0.3) is 120 Å². The molecule has 0 aliphatic heterocycles. The standard InChI is InChI=1S/C55H33N5S2/c1-3-11-40-29-42(27-21-34(40)9-1)51-58-52(43-28-22-35-10-2-4-12-41(35)30-43)60-53(59-51)46-32-44(36-17-23-38(24-18-36)54-56-47-13-5-7-15-49(47)61-54)31-45(33-46)37-19-25-39(26-20-37)55-57-48-14-6-8-16-50(48)62-55/h1-33H. The maximum atomic E-state index is 5.25. The average molecular weight is 828 g/mol. The molecule has 0 spiro atoms. The topological polar surface area (TPSA) is 64.5 Å². The second-order valence-electron chi connectivity index (χ2n) is 15.4. The van der Waals surface area contributed by atoms with Gasteiger partial charge < -0.3 is 0 Å². The molecule has 5 nitrogen and oxygen atoms in total. The van der Waals surface area contributed by atoms with E-state index in [1.54, 1.807) is 22.7 Å².